The molecular weight excluding hydrogens is 396 g/mol. The number of rotatable bonds is 4. The van der Waals surface area contributed by atoms with Crippen molar-refractivity contribution in [3.63, 3.8) is 0 Å². The van der Waals surface area contributed by atoms with Crippen LogP contribution in [0.5, 0.6) is 11.5 Å². The Balaban J connectivity index is 1.90. The zero-order chi connectivity index (χ0) is 22.1. The highest BCUT2D eigenvalue weighted by Gasteiger charge is 2.44. The van der Waals surface area contributed by atoms with E-state index in [1.54, 1.807) is 20.3 Å². The first kappa shape index (κ1) is 20.8. The standard InChI is InChI=1S/C24H26N2O5/c1-13-11-18-21(23(27)20(13)24(28)31-4)22(26-17-8-6-5-7-16(17)25-18)15-10-9-14(29-2)12-19(15)30-3/h5-10,12-13,20,22,25-26H,11H2,1-4H3/t13-,20-,22+/m1/s1. The van der Waals surface area contributed by atoms with Gasteiger partial charge in [0.25, 0.3) is 0 Å². The molecule has 31 heavy (non-hydrogen) atoms. The predicted octanol–water partition coefficient (Wildman–Crippen LogP) is 3.93. The van der Waals surface area contributed by atoms with Crippen molar-refractivity contribution in [2.75, 3.05) is 32.0 Å². The second kappa shape index (κ2) is 8.34. The number of fused-ring (bicyclic) bond motifs is 1. The SMILES string of the molecule is COC(=O)[C@H]1C(=O)C2=C(C[C@H]1C)Nc1ccccc1N[C@H]2c1ccc(OC)cc1OC. The monoisotopic (exact) mass is 422 g/mol. The Morgan fingerprint density at radius 2 is 1.77 bits per heavy atom. The quantitative estimate of drug-likeness (QED) is 0.570. The topological polar surface area (TPSA) is 85.9 Å². The van der Waals surface area contributed by atoms with Crippen molar-refractivity contribution in [2.24, 2.45) is 11.8 Å². The van der Waals surface area contributed by atoms with Gasteiger partial charge in [0.1, 0.15) is 17.4 Å². The molecule has 4 rings (SSSR count). The molecule has 0 amide bonds. The van der Waals surface area contributed by atoms with Crippen LogP contribution in [0.4, 0.5) is 11.4 Å². The van der Waals surface area contributed by atoms with Gasteiger partial charge in [0.2, 0.25) is 0 Å². The highest BCUT2D eigenvalue weighted by Crippen LogP contribution is 2.45. The molecule has 2 N–H and O–H groups in total. The maximum atomic E-state index is 13.7. The lowest BCUT2D eigenvalue weighted by molar-refractivity contribution is -0.151. The molecule has 0 bridgehead atoms. The fraction of sp³-hybridized carbons (Fsp3) is 0.333. The van der Waals surface area contributed by atoms with Crippen LogP contribution in [-0.4, -0.2) is 33.1 Å². The van der Waals surface area contributed by atoms with Crippen LogP contribution < -0.4 is 20.1 Å². The summed E-state index contributed by atoms with van der Waals surface area (Å²) in [5.41, 5.74) is 3.84. The van der Waals surface area contributed by atoms with E-state index in [0.717, 1.165) is 22.6 Å². The molecule has 1 aliphatic heterocycles. The lowest BCUT2D eigenvalue weighted by Crippen LogP contribution is -2.39. The van der Waals surface area contributed by atoms with Gasteiger partial charge in [0.05, 0.1) is 38.7 Å². The van der Waals surface area contributed by atoms with E-state index in [9.17, 15) is 9.59 Å². The third-order valence-electron chi connectivity index (χ3n) is 5.98. The second-order valence-electron chi connectivity index (χ2n) is 7.79. The van der Waals surface area contributed by atoms with E-state index in [2.05, 4.69) is 10.6 Å². The van der Waals surface area contributed by atoms with Crippen molar-refractivity contribution in [1.82, 2.24) is 0 Å². The molecule has 0 saturated carbocycles. The first-order valence-electron chi connectivity index (χ1n) is 10.2. The van der Waals surface area contributed by atoms with Crippen LogP contribution in [0, 0.1) is 11.8 Å². The molecule has 162 valence electrons. The van der Waals surface area contributed by atoms with E-state index in [-0.39, 0.29) is 11.7 Å². The van der Waals surface area contributed by atoms with Crippen LogP contribution in [0.1, 0.15) is 24.9 Å². The number of para-hydroxylation sites is 2. The number of esters is 1. The van der Waals surface area contributed by atoms with E-state index in [1.807, 2.05) is 43.3 Å². The molecule has 7 nitrogen and oxygen atoms in total. The number of hydrogen-bond acceptors (Lipinski definition) is 7. The number of ether oxygens (including phenoxy) is 3. The number of methoxy groups -OCH3 is 3. The molecule has 7 heteroatoms. The molecule has 1 aliphatic carbocycles. The lowest BCUT2D eigenvalue weighted by atomic mass is 9.74. The van der Waals surface area contributed by atoms with Gasteiger partial charge in [-0.1, -0.05) is 19.1 Å². The van der Waals surface area contributed by atoms with Gasteiger partial charge in [0.15, 0.2) is 5.78 Å². The van der Waals surface area contributed by atoms with E-state index in [1.165, 1.54) is 7.11 Å². The van der Waals surface area contributed by atoms with Crippen LogP contribution in [0.15, 0.2) is 53.7 Å². The number of hydrogen-bond donors (Lipinski definition) is 2. The van der Waals surface area contributed by atoms with Crippen LogP contribution >= 0.6 is 0 Å². The Bertz CT molecular complexity index is 1060. The Hall–Kier alpha value is -3.48. The van der Waals surface area contributed by atoms with E-state index in [4.69, 9.17) is 14.2 Å². The van der Waals surface area contributed by atoms with E-state index < -0.39 is 17.9 Å². The number of anilines is 2. The minimum Gasteiger partial charge on any atom is -0.497 e. The highest BCUT2D eigenvalue weighted by molar-refractivity contribution is 6.11. The first-order chi connectivity index (χ1) is 15.0. The predicted molar refractivity (Wildman–Crippen MR) is 117 cm³/mol. The number of Topliss-reactive ketones (excluding diaryl/α,β-unsaturated/α-hetero) is 1. The number of nitrogens with one attached hydrogen (secondary N) is 2. The third-order valence-corrected chi connectivity index (χ3v) is 5.98. The minimum absolute atomic E-state index is 0.185. The van der Waals surface area contributed by atoms with Crippen molar-refractivity contribution >= 4 is 23.1 Å². The van der Waals surface area contributed by atoms with Gasteiger partial charge in [-0.2, -0.15) is 0 Å². The number of ketones is 1. The molecular formula is C24H26N2O5. The largest absolute Gasteiger partial charge is 0.497 e. The average Bonchev–Trinajstić information content (AvgIpc) is 2.94. The van der Waals surface area contributed by atoms with Crippen molar-refractivity contribution in [1.29, 1.82) is 0 Å². The zero-order valence-electron chi connectivity index (χ0n) is 18.0. The third kappa shape index (κ3) is 3.60. The number of carbonyl (C=O) groups is 2. The number of carbonyl (C=O) groups excluding carboxylic acids is 2. The fourth-order valence-corrected chi connectivity index (χ4v) is 4.42. The maximum Gasteiger partial charge on any atom is 0.316 e. The Morgan fingerprint density at radius 3 is 2.45 bits per heavy atom. The van der Waals surface area contributed by atoms with Gasteiger partial charge in [-0.3, -0.25) is 9.59 Å². The Kier molecular flexibility index (Phi) is 5.59. The second-order valence-corrected chi connectivity index (χ2v) is 7.79. The summed E-state index contributed by atoms with van der Waals surface area (Å²) in [6.07, 6.45) is 0.547. The highest BCUT2D eigenvalue weighted by atomic mass is 16.5. The molecule has 1 heterocycles. The first-order valence-corrected chi connectivity index (χ1v) is 10.2. The maximum absolute atomic E-state index is 13.7. The summed E-state index contributed by atoms with van der Waals surface area (Å²) in [7, 11) is 4.49. The molecule has 0 spiro atoms. The van der Waals surface area contributed by atoms with Gasteiger partial charge in [-0.15, -0.1) is 0 Å². The smallest absolute Gasteiger partial charge is 0.316 e. The molecule has 2 aromatic carbocycles. The van der Waals surface area contributed by atoms with Crippen LogP contribution in [0.25, 0.3) is 0 Å². The molecule has 0 fully saturated rings. The summed E-state index contributed by atoms with van der Waals surface area (Å²) in [6.45, 7) is 1.90. The van der Waals surface area contributed by atoms with Crippen LogP contribution in [-0.2, 0) is 14.3 Å². The fourth-order valence-electron chi connectivity index (χ4n) is 4.42. The summed E-state index contributed by atoms with van der Waals surface area (Å²) in [4.78, 5) is 26.1. The normalized spacial score (nSPS) is 22.3. The molecule has 2 aromatic rings. The molecule has 0 saturated heterocycles. The minimum atomic E-state index is -0.847. The van der Waals surface area contributed by atoms with Crippen molar-refractivity contribution in [3.05, 3.63) is 59.3 Å². The molecule has 0 aromatic heterocycles. The van der Waals surface area contributed by atoms with Crippen LogP contribution in [0.3, 0.4) is 0 Å². The molecule has 0 radical (unpaired) electrons. The van der Waals surface area contributed by atoms with E-state index in [0.29, 0.717) is 23.5 Å². The molecule has 0 unspecified atom stereocenters. The van der Waals surface area contributed by atoms with Gasteiger partial charge in [-0.05, 0) is 36.6 Å². The van der Waals surface area contributed by atoms with Gasteiger partial charge in [-0.25, -0.2) is 0 Å². The summed E-state index contributed by atoms with van der Waals surface area (Å²) >= 11 is 0. The van der Waals surface area contributed by atoms with Gasteiger partial charge in [0, 0.05) is 22.9 Å². The summed E-state index contributed by atoms with van der Waals surface area (Å²) in [5, 5.41) is 6.93. The van der Waals surface area contributed by atoms with Gasteiger partial charge >= 0.3 is 5.97 Å². The molecule has 3 atom stereocenters. The van der Waals surface area contributed by atoms with E-state index >= 15 is 0 Å². The summed E-state index contributed by atoms with van der Waals surface area (Å²) in [6, 6.07) is 12.8. The van der Waals surface area contributed by atoms with Crippen LogP contribution in [0.2, 0.25) is 0 Å². The number of allylic oxidation sites excluding steroid dienone is 1. The number of benzene rings is 2. The lowest BCUT2D eigenvalue weighted by Gasteiger charge is -2.32. The molecule has 2 aliphatic rings. The van der Waals surface area contributed by atoms with Crippen molar-refractivity contribution in [2.45, 2.75) is 19.4 Å². The zero-order valence-corrected chi connectivity index (χ0v) is 18.0. The van der Waals surface area contributed by atoms with Crippen molar-refractivity contribution < 1.29 is 23.8 Å². The Morgan fingerprint density at radius 1 is 1.03 bits per heavy atom. The summed E-state index contributed by atoms with van der Waals surface area (Å²) in [5.74, 6) is -0.542. The van der Waals surface area contributed by atoms with Gasteiger partial charge < -0.3 is 24.8 Å². The average molecular weight is 422 g/mol. The Labute approximate surface area is 181 Å². The van der Waals surface area contributed by atoms with Crippen molar-refractivity contribution in [3.8, 4) is 11.5 Å². The summed E-state index contributed by atoms with van der Waals surface area (Å²) < 4.78 is 15.9.